The summed E-state index contributed by atoms with van der Waals surface area (Å²) in [7, 11) is 0. The number of rotatable bonds is 5. The fourth-order valence-corrected chi connectivity index (χ4v) is 2.85. The summed E-state index contributed by atoms with van der Waals surface area (Å²) in [6, 6.07) is 3.18. The lowest BCUT2D eigenvalue weighted by Gasteiger charge is -2.37. The number of aromatic nitrogens is 1. The largest absolute Gasteiger partial charge is 0.354 e. The number of nitrogens with zero attached hydrogens (tertiary/aromatic N) is 3. The van der Waals surface area contributed by atoms with Crippen molar-refractivity contribution in [3.8, 4) is 0 Å². The van der Waals surface area contributed by atoms with Crippen molar-refractivity contribution in [1.29, 1.82) is 0 Å². The first kappa shape index (κ1) is 19.7. The van der Waals surface area contributed by atoms with Crippen LogP contribution < -0.4 is 15.5 Å². The Labute approximate surface area is 157 Å². The van der Waals surface area contributed by atoms with E-state index in [4.69, 9.17) is 0 Å². The van der Waals surface area contributed by atoms with Gasteiger partial charge in [-0.1, -0.05) is 13.8 Å². The number of urea groups is 1. The van der Waals surface area contributed by atoms with E-state index < -0.39 is 6.03 Å². The molecule has 8 heteroatoms. The number of piperazine rings is 1. The molecule has 2 rings (SSSR count). The Balaban J connectivity index is 1.80. The first-order valence-corrected chi connectivity index (χ1v) is 9.35. The van der Waals surface area contributed by atoms with Crippen LogP contribution in [0.5, 0.6) is 0 Å². The zero-order chi connectivity index (χ0) is 18.4. The van der Waals surface area contributed by atoms with Crippen molar-refractivity contribution < 1.29 is 9.59 Å². The van der Waals surface area contributed by atoms with Crippen molar-refractivity contribution >= 4 is 33.7 Å². The Morgan fingerprint density at radius 3 is 2.44 bits per heavy atom. The number of carbonyl (C=O) groups is 2. The number of pyridine rings is 1. The summed E-state index contributed by atoms with van der Waals surface area (Å²) in [6.45, 7) is 9.48. The summed E-state index contributed by atoms with van der Waals surface area (Å²) < 4.78 is 0.955. The molecule has 25 heavy (non-hydrogen) atoms. The van der Waals surface area contributed by atoms with Gasteiger partial charge in [-0.05, 0) is 40.9 Å². The van der Waals surface area contributed by atoms with E-state index in [1.165, 1.54) is 0 Å². The Bertz CT molecular complexity index is 585. The van der Waals surface area contributed by atoms with Gasteiger partial charge in [-0.2, -0.15) is 0 Å². The highest BCUT2D eigenvalue weighted by Crippen LogP contribution is 2.17. The lowest BCUT2D eigenvalue weighted by molar-refractivity contribution is -0.124. The maximum Gasteiger partial charge on any atom is 0.321 e. The highest BCUT2D eigenvalue weighted by Gasteiger charge is 2.26. The second-order valence-electron chi connectivity index (χ2n) is 6.63. The van der Waals surface area contributed by atoms with E-state index in [9.17, 15) is 9.59 Å². The molecular weight excluding hydrogens is 386 g/mol. The average Bonchev–Trinajstić information content (AvgIpc) is 2.60. The number of anilines is 1. The molecule has 1 fully saturated rings. The molecule has 1 unspecified atom stereocenters. The van der Waals surface area contributed by atoms with Crippen molar-refractivity contribution in [3.05, 3.63) is 22.8 Å². The van der Waals surface area contributed by atoms with E-state index in [-0.39, 0.29) is 11.9 Å². The summed E-state index contributed by atoms with van der Waals surface area (Å²) in [6.07, 6.45) is 1.79. The van der Waals surface area contributed by atoms with Gasteiger partial charge in [-0.3, -0.25) is 15.0 Å². The summed E-state index contributed by atoms with van der Waals surface area (Å²) >= 11 is 3.39. The molecule has 1 aromatic rings. The van der Waals surface area contributed by atoms with Crippen molar-refractivity contribution in [2.45, 2.75) is 26.8 Å². The molecule has 1 atom stereocenters. The predicted octanol–water partition coefficient (Wildman–Crippen LogP) is 1.84. The third-order valence-corrected chi connectivity index (χ3v) is 4.65. The van der Waals surface area contributed by atoms with Gasteiger partial charge in [0.1, 0.15) is 5.82 Å². The van der Waals surface area contributed by atoms with E-state index in [2.05, 4.69) is 41.3 Å². The molecule has 0 aliphatic carbocycles. The molecule has 1 aliphatic heterocycles. The first-order chi connectivity index (χ1) is 11.9. The first-order valence-electron chi connectivity index (χ1n) is 8.56. The molecule has 0 aromatic carbocycles. The lowest BCUT2D eigenvalue weighted by Crippen LogP contribution is -2.55. The number of amides is 3. The fraction of sp³-hybridized carbons (Fsp3) is 0.588. The van der Waals surface area contributed by atoms with Crippen LogP contribution in [0.4, 0.5) is 10.6 Å². The summed E-state index contributed by atoms with van der Waals surface area (Å²) in [5.74, 6) is 1.02. The molecule has 0 spiro atoms. The third kappa shape index (κ3) is 5.97. The topological polar surface area (TPSA) is 77.6 Å². The van der Waals surface area contributed by atoms with Crippen molar-refractivity contribution in [3.63, 3.8) is 0 Å². The quantitative estimate of drug-likeness (QED) is 0.772. The van der Waals surface area contributed by atoms with Gasteiger partial charge in [0, 0.05) is 43.4 Å². The van der Waals surface area contributed by atoms with E-state index in [0.717, 1.165) is 36.5 Å². The minimum Gasteiger partial charge on any atom is -0.354 e. The Hall–Kier alpha value is -1.67. The van der Waals surface area contributed by atoms with Gasteiger partial charge in [0.25, 0.3) is 0 Å². The van der Waals surface area contributed by atoms with Crippen LogP contribution in [-0.4, -0.2) is 60.6 Å². The molecule has 0 radical (unpaired) electrons. The molecule has 2 heterocycles. The van der Waals surface area contributed by atoms with Crippen LogP contribution in [-0.2, 0) is 4.79 Å². The summed E-state index contributed by atoms with van der Waals surface area (Å²) in [5.41, 5.74) is 0. The fourth-order valence-electron chi connectivity index (χ4n) is 2.62. The number of nitrogens with one attached hydrogen (secondary N) is 2. The van der Waals surface area contributed by atoms with Crippen molar-refractivity contribution in [2.24, 2.45) is 5.92 Å². The van der Waals surface area contributed by atoms with E-state index in [0.29, 0.717) is 12.5 Å². The number of halogens is 1. The predicted molar refractivity (Wildman–Crippen MR) is 102 cm³/mol. The van der Waals surface area contributed by atoms with Crippen molar-refractivity contribution in [2.75, 3.05) is 37.6 Å². The zero-order valence-corrected chi connectivity index (χ0v) is 16.5. The second-order valence-corrected chi connectivity index (χ2v) is 7.54. The molecule has 3 amide bonds. The molecule has 1 aromatic heterocycles. The highest BCUT2D eigenvalue weighted by molar-refractivity contribution is 9.10. The highest BCUT2D eigenvalue weighted by atomic mass is 79.9. The summed E-state index contributed by atoms with van der Waals surface area (Å²) in [5, 5.41) is 5.11. The van der Waals surface area contributed by atoms with Gasteiger partial charge in [-0.25, -0.2) is 9.78 Å². The Kier molecular flexibility index (Phi) is 7.19. The third-order valence-electron chi connectivity index (χ3n) is 4.18. The standard InChI is InChI=1S/C17H26BrN5O2/c1-12(2)10-20-17(25)21-16(24)13(3)22-6-8-23(9-7-22)15-5-4-14(18)11-19-15/h4-5,11-13H,6-10H2,1-3H3,(H2,20,21,24,25). The molecule has 0 bridgehead atoms. The number of imide groups is 1. The normalized spacial score (nSPS) is 16.6. The van der Waals surface area contributed by atoms with Gasteiger partial charge in [-0.15, -0.1) is 0 Å². The van der Waals surface area contributed by atoms with Crippen LogP contribution in [0.25, 0.3) is 0 Å². The SMILES string of the molecule is CC(C)CNC(=O)NC(=O)C(C)N1CCN(c2ccc(Br)cn2)CC1. The molecule has 138 valence electrons. The molecule has 0 saturated carbocycles. The van der Waals surface area contributed by atoms with Crippen LogP contribution in [0.2, 0.25) is 0 Å². The molecule has 2 N–H and O–H groups in total. The number of carbonyl (C=O) groups excluding carboxylic acids is 2. The number of hydrogen-bond acceptors (Lipinski definition) is 5. The molecule has 1 saturated heterocycles. The summed E-state index contributed by atoms with van der Waals surface area (Å²) in [4.78, 5) is 32.7. The van der Waals surface area contributed by atoms with E-state index in [1.807, 2.05) is 32.9 Å². The van der Waals surface area contributed by atoms with Gasteiger partial charge in [0.15, 0.2) is 0 Å². The Morgan fingerprint density at radius 1 is 1.20 bits per heavy atom. The van der Waals surface area contributed by atoms with Gasteiger partial charge in [0.2, 0.25) is 5.91 Å². The van der Waals surface area contributed by atoms with E-state index >= 15 is 0 Å². The van der Waals surface area contributed by atoms with Crippen LogP contribution in [0.1, 0.15) is 20.8 Å². The number of hydrogen-bond donors (Lipinski definition) is 2. The maximum atomic E-state index is 12.2. The van der Waals surface area contributed by atoms with Crippen LogP contribution in [0.15, 0.2) is 22.8 Å². The molecule has 7 nitrogen and oxygen atoms in total. The van der Waals surface area contributed by atoms with Gasteiger partial charge < -0.3 is 10.2 Å². The molecular formula is C17H26BrN5O2. The van der Waals surface area contributed by atoms with Gasteiger partial charge in [0.05, 0.1) is 6.04 Å². The van der Waals surface area contributed by atoms with Gasteiger partial charge >= 0.3 is 6.03 Å². The second kappa shape index (κ2) is 9.15. The Morgan fingerprint density at radius 2 is 1.88 bits per heavy atom. The van der Waals surface area contributed by atoms with E-state index in [1.54, 1.807) is 6.20 Å². The zero-order valence-electron chi connectivity index (χ0n) is 15.0. The average molecular weight is 412 g/mol. The lowest BCUT2D eigenvalue weighted by atomic mass is 10.2. The minimum atomic E-state index is -0.428. The monoisotopic (exact) mass is 411 g/mol. The van der Waals surface area contributed by atoms with Crippen molar-refractivity contribution in [1.82, 2.24) is 20.5 Å². The van der Waals surface area contributed by atoms with Crippen LogP contribution in [0, 0.1) is 5.92 Å². The van der Waals surface area contributed by atoms with Crippen LogP contribution >= 0.6 is 15.9 Å². The minimum absolute atomic E-state index is 0.267. The van der Waals surface area contributed by atoms with Crippen LogP contribution in [0.3, 0.4) is 0 Å². The maximum absolute atomic E-state index is 12.2. The molecule has 1 aliphatic rings. The smallest absolute Gasteiger partial charge is 0.321 e.